The number of aromatic hydroxyl groups is 1. The van der Waals surface area contributed by atoms with Gasteiger partial charge in [-0.1, -0.05) is 5.16 Å². The van der Waals surface area contributed by atoms with Crippen molar-refractivity contribution in [3.8, 4) is 5.75 Å². The molecular formula is C21H24N4O7. The Morgan fingerprint density at radius 1 is 1.38 bits per heavy atom. The van der Waals surface area contributed by atoms with Gasteiger partial charge in [0.2, 0.25) is 0 Å². The fourth-order valence-electron chi connectivity index (χ4n) is 4.53. The van der Waals surface area contributed by atoms with Crippen molar-refractivity contribution in [1.29, 1.82) is 0 Å². The molecule has 1 aromatic carbocycles. The molecule has 2 aromatic rings. The van der Waals surface area contributed by atoms with Crippen LogP contribution in [0.3, 0.4) is 0 Å². The molecule has 1 spiro atoms. The molecular weight excluding hydrogens is 420 g/mol. The number of likely N-dealkylation sites (tertiary alicyclic amines) is 1. The molecule has 4 rings (SSSR count). The van der Waals surface area contributed by atoms with Crippen LogP contribution in [0.5, 0.6) is 5.75 Å². The second-order valence-corrected chi connectivity index (χ2v) is 8.42. The third-order valence-corrected chi connectivity index (χ3v) is 6.31. The van der Waals surface area contributed by atoms with Crippen molar-refractivity contribution in [3.63, 3.8) is 0 Å². The number of rotatable bonds is 5. The van der Waals surface area contributed by atoms with Crippen molar-refractivity contribution in [3.05, 3.63) is 51.4 Å². The van der Waals surface area contributed by atoms with E-state index < -0.39 is 16.4 Å². The number of amides is 2. The number of nitro benzene ring substituents is 1. The molecule has 0 bridgehead atoms. The standard InChI is InChI=1S/C21H24N4O7/c1-13-11-32-23-18(13)19(27)22-10-15-9-21(4-6-31-7-5-21)12-24(15)20(28)14-2-3-16(25(29)30)17(26)8-14/h2-3,8,11,15,26H,4-7,9-10,12H2,1H3,(H,22,27). The molecule has 2 aliphatic heterocycles. The van der Waals surface area contributed by atoms with Crippen molar-refractivity contribution in [2.24, 2.45) is 5.41 Å². The number of phenolic OH excluding ortho intramolecular Hbond substituents is 1. The smallest absolute Gasteiger partial charge is 0.310 e. The summed E-state index contributed by atoms with van der Waals surface area (Å²) < 4.78 is 10.3. The van der Waals surface area contributed by atoms with E-state index in [1.54, 1.807) is 11.8 Å². The van der Waals surface area contributed by atoms with Crippen LogP contribution < -0.4 is 5.32 Å². The first-order chi connectivity index (χ1) is 15.3. The summed E-state index contributed by atoms with van der Waals surface area (Å²) in [5, 5.41) is 27.5. The first kappa shape index (κ1) is 21.8. The fourth-order valence-corrected chi connectivity index (χ4v) is 4.53. The van der Waals surface area contributed by atoms with Gasteiger partial charge in [0.1, 0.15) is 6.26 Å². The van der Waals surface area contributed by atoms with Gasteiger partial charge in [-0.3, -0.25) is 19.7 Å². The van der Waals surface area contributed by atoms with Gasteiger partial charge in [-0.05, 0) is 43.7 Å². The van der Waals surface area contributed by atoms with E-state index in [0.29, 0.717) is 31.7 Å². The van der Waals surface area contributed by atoms with E-state index in [-0.39, 0.29) is 41.1 Å². The molecule has 0 radical (unpaired) electrons. The van der Waals surface area contributed by atoms with Crippen molar-refractivity contribution >= 4 is 17.5 Å². The number of carbonyl (C=O) groups is 2. The van der Waals surface area contributed by atoms with E-state index in [1.165, 1.54) is 12.3 Å². The zero-order chi connectivity index (χ0) is 22.9. The quantitative estimate of drug-likeness (QED) is 0.526. The lowest BCUT2D eigenvalue weighted by Crippen LogP contribution is -2.43. The molecule has 32 heavy (non-hydrogen) atoms. The maximum absolute atomic E-state index is 13.3. The number of benzene rings is 1. The molecule has 11 heteroatoms. The van der Waals surface area contributed by atoms with E-state index in [1.807, 2.05) is 0 Å². The van der Waals surface area contributed by atoms with Gasteiger partial charge in [0.25, 0.3) is 11.8 Å². The van der Waals surface area contributed by atoms with Crippen LogP contribution in [0.4, 0.5) is 5.69 Å². The highest BCUT2D eigenvalue weighted by atomic mass is 16.6. The number of aryl methyl sites for hydroxylation is 1. The predicted molar refractivity (Wildman–Crippen MR) is 110 cm³/mol. The van der Waals surface area contributed by atoms with E-state index in [0.717, 1.165) is 25.0 Å². The van der Waals surface area contributed by atoms with Crippen molar-refractivity contribution in [1.82, 2.24) is 15.4 Å². The van der Waals surface area contributed by atoms with Crippen LogP contribution in [0.1, 0.15) is 45.7 Å². The van der Waals surface area contributed by atoms with Gasteiger partial charge in [-0.2, -0.15) is 0 Å². The summed E-state index contributed by atoms with van der Waals surface area (Å²) in [6.45, 7) is 3.64. The Kier molecular flexibility index (Phi) is 5.83. The number of aromatic nitrogens is 1. The number of hydrogen-bond donors (Lipinski definition) is 2. The number of nitro groups is 1. The number of nitrogens with one attached hydrogen (secondary N) is 1. The van der Waals surface area contributed by atoms with Gasteiger partial charge in [-0.15, -0.1) is 0 Å². The maximum Gasteiger partial charge on any atom is 0.310 e. The van der Waals surface area contributed by atoms with E-state index in [2.05, 4.69) is 10.5 Å². The molecule has 2 amide bonds. The van der Waals surface area contributed by atoms with Crippen LogP contribution in [0.15, 0.2) is 29.0 Å². The van der Waals surface area contributed by atoms with Gasteiger partial charge in [0.15, 0.2) is 11.4 Å². The number of nitrogens with zero attached hydrogens (tertiary/aromatic N) is 3. The highest BCUT2D eigenvalue weighted by molar-refractivity contribution is 5.96. The van der Waals surface area contributed by atoms with Crippen LogP contribution in [0.25, 0.3) is 0 Å². The number of carbonyl (C=O) groups excluding carboxylic acids is 2. The summed E-state index contributed by atoms with van der Waals surface area (Å²) in [7, 11) is 0. The molecule has 1 atom stereocenters. The SMILES string of the molecule is Cc1conc1C(=O)NCC1CC2(CCOCC2)CN1C(=O)c1ccc([N+](=O)[O-])c(O)c1. The average Bonchev–Trinajstić information content (AvgIpc) is 3.35. The molecule has 170 valence electrons. The molecule has 2 N–H and O–H groups in total. The van der Waals surface area contributed by atoms with Crippen LogP contribution in [-0.4, -0.2) is 64.2 Å². The van der Waals surface area contributed by atoms with Crippen LogP contribution in [-0.2, 0) is 4.74 Å². The molecule has 1 unspecified atom stereocenters. The monoisotopic (exact) mass is 444 g/mol. The zero-order valence-electron chi connectivity index (χ0n) is 17.6. The normalized spacial score (nSPS) is 19.8. The second kappa shape index (κ2) is 8.58. The van der Waals surface area contributed by atoms with Crippen LogP contribution in [0.2, 0.25) is 0 Å². The van der Waals surface area contributed by atoms with E-state index >= 15 is 0 Å². The van der Waals surface area contributed by atoms with E-state index in [9.17, 15) is 24.8 Å². The first-order valence-electron chi connectivity index (χ1n) is 10.3. The summed E-state index contributed by atoms with van der Waals surface area (Å²) >= 11 is 0. The predicted octanol–water partition coefficient (Wildman–Crippen LogP) is 2.04. The zero-order valence-corrected chi connectivity index (χ0v) is 17.6. The van der Waals surface area contributed by atoms with Gasteiger partial charge >= 0.3 is 5.69 Å². The minimum absolute atomic E-state index is 0.115. The molecule has 0 saturated carbocycles. The van der Waals surface area contributed by atoms with Gasteiger partial charge < -0.3 is 24.6 Å². The Bertz CT molecular complexity index is 1040. The minimum Gasteiger partial charge on any atom is -0.502 e. The van der Waals surface area contributed by atoms with Gasteiger partial charge in [-0.25, -0.2) is 0 Å². The molecule has 1 aromatic heterocycles. The summed E-state index contributed by atoms with van der Waals surface area (Å²) in [5.41, 5.74) is 0.387. The molecule has 2 aliphatic rings. The summed E-state index contributed by atoms with van der Waals surface area (Å²) in [5.74, 6) is -1.30. The van der Waals surface area contributed by atoms with Gasteiger partial charge in [0, 0.05) is 49.5 Å². The lowest BCUT2D eigenvalue weighted by molar-refractivity contribution is -0.385. The second-order valence-electron chi connectivity index (χ2n) is 8.42. The molecule has 2 fully saturated rings. The highest BCUT2D eigenvalue weighted by Gasteiger charge is 2.46. The average molecular weight is 444 g/mol. The third-order valence-electron chi connectivity index (χ3n) is 6.31. The Balaban J connectivity index is 1.55. The molecule has 3 heterocycles. The Hall–Kier alpha value is -3.47. The minimum atomic E-state index is -0.708. The third kappa shape index (κ3) is 4.15. The van der Waals surface area contributed by atoms with Gasteiger partial charge in [0.05, 0.1) is 4.92 Å². The largest absolute Gasteiger partial charge is 0.502 e. The number of hydrogen-bond acceptors (Lipinski definition) is 8. The van der Waals surface area contributed by atoms with Crippen molar-refractivity contribution in [2.45, 2.75) is 32.2 Å². The summed E-state index contributed by atoms with van der Waals surface area (Å²) in [6.07, 6.45) is 3.68. The lowest BCUT2D eigenvalue weighted by atomic mass is 9.78. The van der Waals surface area contributed by atoms with Crippen molar-refractivity contribution < 1.29 is 28.9 Å². The highest BCUT2D eigenvalue weighted by Crippen LogP contribution is 2.43. The molecule has 2 saturated heterocycles. The maximum atomic E-state index is 13.3. The number of ether oxygens (including phenoxy) is 1. The van der Waals surface area contributed by atoms with Crippen LogP contribution in [0, 0.1) is 22.5 Å². The number of phenols is 1. The van der Waals surface area contributed by atoms with Crippen molar-refractivity contribution in [2.75, 3.05) is 26.3 Å². The Morgan fingerprint density at radius 2 is 2.12 bits per heavy atom. The van der Waals surface area contributed by atoms with Crippen LogP contribution >= 0.6 is 0 Å². The molecule has 0 aliphatic carbocycles. The topological polar surface area (TPSA) is 148 Å². The molecule has 11 nitrogen and oxygen atoms in total. The Morgan fingerprint density at radius 3 is 2.75 bits per heavy atom. The summed E-state index contributed by atoms with van der Waals surface area (Å²) in [4.78, 5) is 37.8. The van der Waals surface area contributed by atoms with E-state index in [4.69, 9.17) is 9.26 Å². The lowest BCUT2D eigenvalue weighted by Gasteiger charge is -2.33. The Labute approximate surface area is 183 Å². The first-order valence-corrected chi connectivity index (χ1v) is 10.3. The fraction of sp³-hybridized carbons (Fsp3) is 0.476. The summed E-state index contributed by atoms with van der Waals surface area (Å²) in [6, 6.07) is 3.29.